The van der Waals surface area contributed by atoms with Gasteiger partial charge in [-0.3, -0.25) is 0 Å². The van der Waals surface area contributed by atoms with E-state index in [4.69, 9.17) is 21.1 Å². The monoisotopic (exact) mass is 370 g/mol. The molecule has 1 saturated carbocycles. The number of rotatable bonds is 5. The van der Waals surface area contributed by atoms with E-state index < -0.39 is 0 Å². The number of ether oxygens (including phenoxy) is 2. The maximum atomic E-state index is 11.8. The molecule has 5 nitrogen and oxygen atoms in total. The Balaban J connectivity index is 1.69. The largest absolute Gasteiger partial charge is 0.476 e. The van der Waals surface area contributed by atoms with Gasteiger partial charge in [0, 0.05) is 41.5 Å². The molecule has 0 saturated heterocycles. The fraction of sp³-hybridized carbons (Fsp3) is 0.300. The molecule has 26 heavy (non-hydrogen) atoms. The van der Waals surface area contributed by atoms with Gasteiger partial charge < -0.3 is 14.0 Å². The molecule has 0 atom stereocenters. The molecule has 0 spiro atoms. The van der Waals surface area contributed by atoms with Crippen LogP contribution in [-0.4, -0.2) is 29.2 Å². The summed E-state index contributed by atoms with van der Waals surface area (Å²) in [6.07, 6.45) is 6.22. The van der Waals surface area contributed by atoms with Crippen LogP contribution in [0.3, 0.4) is 0 Å². The third kappa shape index (κ3) is 3.15. The highest BCUT2D eigenvalue weighted by Crippen LogP contribution is 2.35. The van der Waals surface area contributed by atoms with Crippen LogP contribution in [0.2, 0.25) is 5.02 Å². The summed E-state index contributed by atoms with van der Waals surface area (Å²) in [4.78, 5) is 16.2. The lowest BCUT2D eigenvalue weighted by molar-refractivity contribution is 0.0601. The number of hydrogen-bond donors (Lipinski definition) is 0. The van der Waals surface area contributed by atoms with Gasteiger partial charge in [0.15, 0.2) is 0 Å². The highest BCUT2D eigenvalue weighted by molar-refractivity contribution is 6.32. The third-order valence-corrected chi connectivity index (χ3v) is 4.95. The van der Waals surface area contributed by atoms with Crippen molar-refractivity contribution in [2.75, 3.05) is 13.7 Å². The van der Waals surface area contributed by atoms with Gasteiger partial charge in [0.1, 0.15) is 5.02 Å². The van der Waals surface area contributed by atoms with Crippen LogP contribution in [0.15, 0.2) is 36.7 Å². The van der Waals surface area contributed by atoms with Gasteiger partial charge in [-0.05, 0) is 37.0 Å². The average Bonchev–Trinajstić information content (AvgIpc) is 3.42. The SMILES string of the molecule is COC(=O)c1ccc2c(-c3cnc(OCC4CC4)c(Cl)c3)cn(C)c2c1. The number of nitrogens with zero attached hydrogens (tertiary/aromatic N) is 2. The molecular weight excluding hydrogens is 352 g/mol. The minimum absolute atomic E-state index is 0.350. The Morgan fingerprint density at radius 1 is 1.35 bits per heavy atom. The smallest absolute Gasteiger partial charge is 0.337 e. The number of benzene rings is 1. The summed E-state index contributed by atoms with van der Waals surface area (Å²) in [6, 6.07) is 7.38. The number of methoxy groups -OCH3 is 1. The van der Waals surface area contributed by atoms with Gasteiger partial charge in [-0.15, -0.1) is 0 Å². The summed E-state index contributed by atoms with van der Waals surface area (Å²) in [5.74, 6) is 0.779. The molecule has 4 rings (SSSR count). The zero-order valence-corrected chi connectivity index (χ0v) is 15.4. The summed E-state index contributed by atoms with van der Waals surface area (Å²) in [5, 5.41) is 1.52. The fourth-order valence-corrected chi connectivity index (χ4v) is 3.24. The van der Waals surface area contributed by atoms with Crippen LogP contribution in [0.5, 0.6) is 5.88 Å². The van der Waals surface area contributed by atoms with Crippen molar-refractivity contribution in [3.63, 3.8) is 0 Å². The molecule has 1 fully saturated rings. The lowest BCUT2D eigenvalue weighted by atomic mass is 10.1. The van der Waals surface area contributed by atoms with Gasteiger partial charge in [0.25, 0.3) is 0 Å². The van der Waals surface area contributed by atoms with E-state index in [9.17, 15) is 4.79 Å². The van der Waals surface area contributed by atoms with Gasteiger partial charge in [-0.25, -0.2) is 9.78 Å². The van der Waals surface area contributed by atoms with Gasteiger partial charge in [-0.1, -0.05) is 17.7 Å². The van der Waals surface area contributed by atoms with Crippen molar-refractivity contribution in [3.05, 3.63) is 47.2 Å². The molecule has 0 amide bonds. The second kappa shape index (κ2) is 6.65. The number of hydrogen-bond acceptors (Lipinski definition) is 4. The molecule has 1 aliphatic carbocycles. The van der Waals surface area contributed by atoms with Crippen LogP contribution < -0.4 is 4.74 Å². The first kappa shape index (κ1) is 16.9. The van der Waals surface area contributed by atoms with Gasteiger partial charge in [0.2, 0.25) is 5.88 Å². The Morgan fingerprint density at radius 3 is 2.85 bits per heavy atom. The molecule has 0 bridgehead atoms. The summed E-state index contributed by atoms with van der Waals surface area (Å²) >= 11 is 6.37. The molecule has 0 unspecified atom stereocenters. The van der Waals surface area contributed by atoms with E-state index in [-0.39, 0.29) is 5.97 Å². The minimum Gasteiger partial charge on any atom is -0.476 e. The number of halogens is 1. The maximum absolute atomic E-state index is 11.8. The molecule has 1 aromatic carbocycles. The van der Waals surface area contributed by atoms with E-state index >= 15 is 0 Å². The van der Waals surface area contributed by atoms with Crippen molar-refractivity contribution >= 4 is 28.5 Å². The zero-order valence-electron chi connectivity index (χ0n) is 14.7. The molecule has 134 valence electrons. The van der Waals surface area contributed by atoms with Crippen molar-refractivity contribution < 1.29 is 14.3 Å². The number of aryl methyl sites for hydroxylation is 1. The molecule has 6 heteroatoms. The number of fused-ring (bicyclic) bond motifs is 1. The molecule has 2 heterocycles. The van der Waals surface area contributed by atoms with E-state index in [2.05, 4.69) is 4.98 Å². The van der Waals surface area contributed by atoms with E-state index in [1.807, 2.05) is 36.0 Å². The Morgan fingerprint density at radius 2 is 2.15 bits per heavy atom. The van der Waals surface area contributed by atoms with Crippen LogP contribution in [0.4, 0.5) is 0 Å². The summed E-state index contributed by atoms with van der Waals surface area (Å²) < 4.78 is 12.5. The van der Waals surface area contributed by atoms with E-state index in [0.717, 1.165) is 22.0 Å². The number of carbonyl (C=O) groups is 1. The first-order valence-electron chi connectivity index (χ1n) is 8.53. The standard InChI is InChI=1S/C20H19ClN2O3/c1-23-10-16(15-6-5-13(8-18(15)23)20(24)25-2)14-7-17(21)19(22-9-14)26-11-12-3-4-12/h5-10,12H,3-4,11H2,1-2H3. The Hall–Kier alpha value is -2.53. The molecule has 1 aliphatic rings. The van der Waals surface area contributed by atoms with Crippen LogP contribution in [0.25, 0.3) is 22.0 Å². The van der Waals surface area contributed by atoms with Crippen molar-refractivity contribution in [1.29, 1.82) is 0 Å². The van der Waals surface area contributed by atoms with E-state index in [0.29, 0.717) is 29.0 Å². The number of aromatic nitrogens is 2. The fourth-order valence-electron chi connectivity index (χ4n) is 3.02. The second-order valence-corrected chi connectivity index (χ2v) is 7.05. The molecule has 3 aromatic rings. The lowest BCUT2D eigenvalue weighted by Crippen LogP contribution is -2.01. The quantitative estimate of drug-likeness (QED) is 0.622. The predicted molar refractivity (Wildman–Crippen MR) is 101 cm³/mol. The second-order valence-electron chi connectivity index (χ2n) is 6.64. The summed E-state index contributed by atoms with van der Waals surface area (Å²) in [6.45, 7) is 0.677. The average molecular weight is 371 g/mol. The van der Waals surface area contributed by atoms with Crippen LogP contribution in [0, 0.1) is 5.92 Å². The van der Waals surface area contributed by atoms with Crippen molar-refractivity contribution in [1.82, 2.24) is 9.55 Å². The van der Waals surface area contributed by atoms with Gasteiger partial charge in [-0.2, -0.15) is 0 Å². The van der Waals surface area contributed by atoms with E-state index in [1.54, 1.807) is 12.3 Å². The third-order valence-electron chi connectivity index (χ3n) is 4.68. The first-order chi connectivity index (χ1) is 12.6. The number of pyridine rings is 1. The summed E-state index contributed by atoms with van der Waals surface area (Å²) in [7, 11) is 3.32. The number of esters is 1. The molecule has 0 N–H and O–H groups in total. The maximum Gasteiger partial charge on any atom is 0.337 e. The molecule has 0 aliphatic heterocycles. The minimum atomic E-state index is -0.350. The van der Waals surface area contributed by atoms with Crippen molar-refractivity contribution in [3.8, 4) is 17.0 Å². The molecule has 2 aromatic heterocycles. The topological polar surface area (TPSA) is 53.4 Å². The molecule has 0 radical (unpaired) electrons. The summed E-state index contributed by atoms with van der Waals surface area (Å²) in [5.41, 5.74) is 3.37. The van der Waals surface area contributed by atoms with Crippen LogP contribution >= 0.6 is 11.6 Å². The van der Waals surface area contributed by atoms with Gasteiger partial charge in [0.05, 0.1) is 19.3 Å². The van der Waals surface area contributed by atoms with Crippen LogP contribution in [-0.2, 0) is 11.8 Å². The van der Waals surface area contributed by atoms with Gasteiger partial charge >= 0.3 is 5.97 Å². The Labute approximate surface area is 156 Å². The first-order valence-corrected chi connectivity index (χ1v) is 8.90. The lowest BCUT2D eigenvalue weighted by Gasteiger charge is -2.07. The van der Waals surface area contributed by atoms with E-state index in [1.165, 1.54) is 20.0 Å². The zero-order chi connectivity index (χ0) is 18.3. The highest BCUT2D eigenvalue weighted by Gasteiger charge is 2.23. The number of carbonyl (C=O) groups excluding carboxylic acids is 1. The Bertz CT molecular complexity index is 992. The predicted octanol–water partition coefficient (Wildman–Crippen LogP) is 4.47. The van der Waals surface area contributed by atoms with Crippen molar-refractivity contribution in [2.45, 2.75) is 12.8 Å². The van der Waals surface area contributed by atoms with Crippen LogP contribution in [0.1, 0.15) is 23.2 Å². The Kier molecular flexibility index (Phi) is 4.32. The normalized spacial score (nSPS) is 13.8. The molecular formula is C20H19ClN2O3. The van der Waals surface area contributed by atoms with Crippen molar-refractivity contribution in [2.24, 2.45) is 13.0 Å². The highest BCUT2D eigenvalue weighted by atomic mass is 35.5.